The minimum atomic E-state index is -1.25. The molecule has 1 aliphatic rings. The van der Waals surface area contributed by atoms with E-state index >= 15 is 0 Å². The molecule has 6 heteroatoms. The molecule has 0 spiro atoms. The number of nitrogens with zero attached hydrogens (tertiary/aromatic N) is 2. The second-order valence-corrected chi connectivity index (χ2v) is 5.54. The normalized spacial score (nSPS) is 16.9. The Morgan fingerprint density at radius 3 is 2.74 bits per heavy atom. The summed E-state index contributed by atoms with van der Waals surface area (Å²) in [5.41, 5.74) is 1.56. The van der Waals surface area contributed by atoms with Crippen LogP contribution >= 0.6 is 0 Å². The van der Waals surface area contributed by atoms with Crippen molar-refractivity contribution < 1.29 is 19.1 Å². The third kappa shape index (κ3) is 3.11. The van der Waals surface area contributed by atoms with Gasteiger partial charge in [0.15, 0.2) is 0 Å². The maximum atomic E-state index is 13.6. The van der Waals surface area contributed by atoms with Gasteiger partial charge in [-0.1, -0.05) is 12.1 Å². The highest BCUT2D eigenvalue weighted by Gasteiger charge is 2.31. The van der Waals surface area contributed by atoms with Crippen LogP contribution in [0, 0.1) is 5.82 Å². The first-order valence-electron chi connectivity index (χ1n) is 7.46. The molecule has 0 aliphatic carbocycles. The Kier molecular flexibility index (Phi) is 4.14. The van der Waals surface area contributed by atoms with Crippen LogP contribution in [0.1, 0.15) is 30.1 Å². The van der Waals surface area contributed by atoms with E-state index in [1.54, 1.807) is 17.0 Å². The van der Waals surface area contributed by atoms with E-state index in [9.17, 15) is 19.1 Å². The smallest absolute Gasteiger partial charge is 0.223 e. The molecule has 2 aromatic rings. The molecular weight excluding hydrogens is 299 g/mol. The zero-order valence-corrected chi connectivity index (χ0v) is 12.4. The maximum absolute atomic E-state index is 13.6. The Morgan fingerprint density at radius 2 is 2.00 bits per heavy atom. The molecule has 0 fully saturated rings. The molecule has 120 valence electrons. The number of aliphatic carboxylic acids is 1. The van der Waals surface area contributed by atoms with Gasteiger partial charge >= 0.3 is 0 Å². The third-order valence-corrected chi connectivity index (χ3v) is 4.07. The Labute approximate surface area is 132 Å². The molecule has 0 N–H and O–H groups in total. The van der Waals surface area contributed by atoms with Crippen molar-refractivity contribution in [2.75, 3.05) is 6.54 Å². The number of hydrogen-bond donors (Lipinski definition) is 0. The van der Waals surface area contributed by atoms with Crippen molar-refractivity contribution >= 4 is 11.9 Å². The molecule has 0 unspecified atom stereocenters. The van der Waals surface area contributed by atoms with Crippen molar-refractivity contribution in [3.63, 3.8) is 0 Å². The number of carbonyl (C=O) groups is 2. The number of carbonyl (C=O) groups excluding carboxylic acids is 2. The molecule has 2 heterocycles. The predicted octanol–water partition coefficient (Wildman–Crippen LogP) is 1.09. The molecule has 1 aliphatic heterocycles. The molecule has 1 amide bonds. The lowest BCUT2D eigenvalue weighted by Gasteiger charge is -2.37. The number of rotatable bonds is 4. The molecule has 0 saturated carbocycles. The zero-order chi connectivity index (χ0) is 16.4. The van der Waals surface area contributed by atoms with Gasteiger partial charge in [-0.15, -0.1) is 0 Å². The summed E-state index contributed by atoms with van der Waals surface area (Å²) in [6, 6.07) is 9.51. The molecule has 1 atom stereocenters. The molecule has 1 aromatic carbocycles. The molecule has 0 radical (unpaired) electrons. The Morgan fingerprint density at radius 1 is 1.17 bits per heavy atom. The van der Waals surface area contributed by atoms with Gasteiger partial charge in [0.25, 0.3) is 0 Å². The quantitative estimate of drug-likeness (QED) is 0.848. The van der Waals surface area contributed by atoms with Crippen molar-refractivity contribution in [2.45, 2.75) is 25.4 Å². The largest absolute Gasteiger partial charge is 0.550 e. The number of hydrogen-bond acceptors (Lipinski definition) is 3. The number of carboxylic acid groups (broad SMARTS) is 1. The number of aromatic nitrogens is 1. The Hall–Kier alpha value is -2.63. The van der Waals surface area contributed by atoms with E-state index in [0.717, 1.165) is 5.69 Å². The standard InChI is InChI=1S/C17H17FN2O3/c18-13-4-1-3-12(11-13)17-14-5-2-8-19(14)9-10-20(17)15(21)6-7-16(22)23/h1-5,8,11,17H,6-7,9-10H2,(H,22,23)/p-1/t17-/m1/s1. The van der Waals surface area contributed by atoms with E-state index in [-0.39, 0.29) is 24.6 Å². The van der Waals surface area contributed by atoms with Gasteiger partial charge < -0.3 is 19.4 Å². The minimum absolute atomic E-state index is 0.116. The Bertz CT molecular complexity index is 741. The van der Waals surface area contributed by atoms with Crippen LogP contribution in [0.3, 0.4) is 0 Å². The first-order chi connectivity index (χ1) is 11.1. The van der Waals surface area contributed by atoms with Crippen LogP contribution in [0.2, 0.25) is 0 Å². The number of amides is 1. The average Bonchev–Trinajstić information content (AvgIpc) is 3.00. The summed E-state index contributed by atoms with van der Waals surface area (Å²) >= 11 is 0. The van der Waals surface area contributed by atoms with E-state index in [2.05, 4.69) is 0 Å². The summed E-state index contributed by atoms with van der Waals surface area (Å²) < 4.78 is 15.6. The van der Waals surface area contributed by atoms with Crippen molar-refractivity contribution in [1.82, 2.24) is 9.47 Å². The molecule has 0 saturated heterocycles. The molecule has 23 heavy (non-hydrogen) atoms. The second-order valence-electron chi connectivity index (χ2n) is 5.54. The lowest BCUT2D eigenvalue weighted by molar-refractivity contribution is -0.305. The number of benzene rings is 1. The summed E-state index contributed by atoms with van der Waals surface area (Å²) in [5, 5.41) is 10.6. The topological polar surface area (TPSA) is 65.4 Å². The molecule has 1 aromatic heterocycles. The molecule has 3 rings (SSSR count). The summed E-state index contributed by atoms with van der Waals surface area (Å²) in [7, 11) is 0. The van der Waals surface area contributed by atoms with Gasteiger partial charge in [0, 0.05) is 37.4 Å². The van der Waals surface area contributed by atoms with E-state index in [1.807, 2.05) is 22.9 Å². The van der Waals surface area contributed by atoms with Crippen molar-refractivity contribution in [3.8, 4) is 0 Å². The molecule has 5 nitrogen and oxygen atoms in total. The first kappa shape index (κ1) is 15.3. The monoisotopic (exact) mass is 315 g/mol. The SMILES string of the molecule is O=C([O-])CCC(=O)N1CCn2cccc2[C@H]1c1cccc(F)c1. The van der Waals surface area contributed by atoms with Crippen LogP contribution < -0.4 is 5.11 Å². The highest BCUT2D eigenvalue weighted by Crippen LogP contribution is 2.33. The summed E-state index contributed by atoms with van der Waals surface area (Å²) in [6.07, 6.45) is 1.49. The van der Waals surface area contributed by atoms with Gasteiger partial charge in [0.1, 0.15) is 5.82 Å². The van der Waals surface area contributed by atoms with Crippen LogP contribution in [-0.2, 0) is 16.1 Å². The van der Waals surface area contributed by atoms with E-state index in [1.165, 1.54) is 12.1 Å². The maximum Gasteiger partial charge on any atom is 0.223 e. The van der Waals surface area contributed by atoms with E-state index in [4.69, 9.17) is 0 Å². The van der Waals surface area contributed by atoms with Gasteiger partial charge in [-0.05, 0) is 36.2 Å². The number of halogens is 1. The van der Waals surface area contributed by atoms with Gasteiger partial charge in [-0.3, -0.25) is 4.79 Å². The lowest BCUT2D eigenvalue weighted by Crippen LogP contribution is -2.42. The van der Waals surface area contributed by atoms with Crippen LogP contribution in [0.25, 0.3) is 0 Å². The van der Waals surface area contributed by atoms with Gasteiger partial charge in [-0.2, -0.15) is 0 Å². The van der Waals surface area contributed by atoms with E-state index in [0.29, 0.717) is 18.7 Å². The fourth-order valence-corrected chi connectivity index (χ4v) is 3.03. The third-order valence-electron chi connectivity index (χ3n) is 4.07. The second kappa shape index (κ2) is 6.24. The lowest BCUT2D eigenvalue weighted by atomic mass is 9.99. The van der Waals surface area contributed by atoms with Crippen molar-refractivity contribution in [3.05, 3.63) is 59.7 Å². The van der Waals surface area contributed by atoms with Crippen LogP contribution in [0.4, 0.5) is 4.39 Å². The number of fused-ring (bicyclic) bond motifs is 1. The predicted molar refractivity (Wildman–Crippen MR) is 78.6 cm³/mol. The van der Waals surface area contributed by atoms with Crippen molar-refractivity contribution in [2.24, 2.45) is 0 Å². The summed E-state index contributed by atoms with van der Waals surface area (Å²) in [6.45, 7) is 1.08. The van der Waals surface area contributed by atoms with Crippen LogP contribution in [-0.4, -0.2) is 27.9 Å². The van der Waals surface area contributed by atoms with Crippen molar-refractivity contribution in [1.29, 1.82) is 0 Å². The van der Waals surface area contributed by atoms with Gasteiger partial charge in [0.05, 0.1) is 6.04 Å². The molecular formula is C17H16FN2O3-. The highest BCUT2D eigenvalue weighted by molar-refractivity contribution is 5.81. The fraction of sp³-hybridized carbons (Fsp3) is 0.294. The first-order valence-corrected chi connectivity index (χ1v) is 7.46. The Balaban J connectivity index is 1.95. The highest BCUT2D eigenvalue weighted by atomic mass is 19.1. The minimum Gasteiger partial charge on any atom is -0.550 e. The summed E-state index contributed by atoms with van der Waals surface area (Å²) in [4.78, 5) is 24.7. The van der Waals surface area contributed by atoms with Gasteiger partial charge in [-0.25, -0.2) is 4.39 Å². The van der Waals surface area contributed by atoms with Crippen LogP contribution in [0.5, 0.6) is 0 Å². The number of carboxylic acids is 1. The van der Waals surface area contributed by atoms with Gasteiger partial charge in [0.2, 0.25) is 5.91 Å². The van der Waals surface area contributed by atoms with Crippen LogP contribution in [0.15, 0.2) is 42.6 Å². The zero-order valence-electron chi connectivity index (χ0n) is 12.4. The summed E-state index contributed by atoms with van der Waals surface area (Å²) in [5.74, 6) is -1.88. The fourth-order valence-electron chi connectivity index (χ4n) is 3.03. The molecule has 0 bridgehead atoms. The average molecular weight is 315 g/mol. The van der Waals surface area contributed by atoms with E-state index < -0.39 is 12.0 Å².